The first-order valence-corrected chi connectivity index (χ1v) is 6.57. The summed E-state index contributed by atoms with van der Waals surface area (Å²) in [5.74, 6) is 0. The zero-order valence-electron chi connectivity index (χ0n) is 11.2. The van der Waals surface area contributed by atoms with E-state index in [1.54, 1.807) is 6.21 Å². The molecule has 0 aromatic heterocycles. The minimum atomic E-state index is -1.71. The van der Waals surface area contributed by atoms with E-state index in [0.29, 0.717) is 0 Å². The van der Waals surface area contributed by atoms with Crippen LogP contribution in [-0.4, -0.2) is 28.5 Å². The molecule has 0 atom stereocenters. The Morgan fingerprint density at radius 2 is 1.43 bits per heavy atom. The molecule has 5 nitrogen and oxygen atoms in total. The maximum absolute atomic E-state index is 9.28. The number of benzene rings is 2. The highest BCUT2D eigenvalue weighted by Crippen LogP contribution is 2.25. The molecule has 2 aromatic rings. The molecular formula is C15H14BN3O2. The average Bonchev–Trinajstić information content (AvgIpc) is 2.56. The summed E-state index contributed by atoms with van der Waals surface area (Å²) >= 11 is 0. The molecule has 1 aliphatic heterocycles. The summed E-state index contributed by atoms with van der Waals surface area (Å²) in [7, 11) is -1.71. The molecule has 2 aromatic carbocycles. The van der Waals surface area contributed by atoms with E-state index in [4.69, 9.17) is 0 Å². The summed E-state index contributed by atoms with van der Waals surface area (Å²) in [5.41, 5.74) is 6.53. The van der Waals surface area contributed by atoms with Gasteiger partial charge < -0.3 is 10.0 Å². The Hall–Kier alpha value is -2.57. The Bertz CT molecular complexity index is 672. The van der Waals surface area contributed by atoms with Gasteiger partial charge in [-0.15, -0.1) is 0 Å². The van der Waals surface area contributed by atoms with E-state index in [-0.39, 0.29) is 0 Å². The lowest BCUT2D eigenvalue weighted by Crippen LogP contribution is -2.46. The molecular weight excluding hydrogens is 265 g/mol. The van der Waals surface area contributed by atoms with Crippen LogP contribution in [0.25, 0.3) is 11.3 Å². The van der Waals surface area contributed by atoms with Crippen LogP contribution in [0.3, 0.4) is 0 Å². The summed E-state index contributed by atoms with van der Waals surface area (Å²) in [6.45, 7) is 0. The fourth-order valence-electron chi connectivity index (χ4n) is 2.17. The van der Waals surface area contributed by atoms with Gasteiger partial charge in [0, 0.05) is 11.1 Å². The van der Waals surface area contributed by atoms with Crippen molar-refractivity contribution in [3.8, 4) is 0 Å². The van der Waals surface area contributed by atoms with Gasteiger partial charge in [0.2, 0.25) is 0 Å². The minimum Gasteiger partial charge on any atom is -0.406 e. The molecule has 1 heterocycles. The van der Waals surface area contributed by atoms with Crippen molar-refractivity contribution in [2.24, 2.45) is 5.10 Å². The van der Waals surface area contributed by atoms with Crippen LogP contribution in [0.1, 0.15) is 11.1 Å². The summed E-state index contributed by atoms with van der Waals surface area (Å²) in [4.78, 5) is 0. The Morgan fingerprint density at radius 3 is 2.00 bits per heavy atom. The second-order valence-corrected chi connectivity index (χ2v) is 4.57. The van der Waals surface area contributed by atoms with Crippen LogP contribution >= 0.6 is 0 Å². The van der Waals surface area contributed by atoms with Gasteiger partial charge in [0.25, 0.3) is 0 Å². The van der Waals surface area contributed by atoms with Crippen LogP contribution in [0.4, 0.5) is 0 Å². The molecule has 104 valence electrons. The lowest BCUT2D eigenvalue weighted by atomic mass is 9.99. The average molecular weight is 279 g/mol. The number of hydrazine groups is 1. The van der Waals surface area contributed by atoms with E-state index in [2.05, 4.69) is 10.5 Å². The fourth-order valence-corrected chi connectivity index (χ4v) is 2.17. The molecule has 0 saturated carbocycles. The van der Waals surface area contributed by atoms with Crippen molar-refractivity contribution >= 4 is 24.7 Å². The SMILES string of the molecule is OB(O)N1N=CC(c2ccccc2)=C(c2ccccc2)N1. The van der Waals surface area contributed by atoms with Gasteiger partial charge in [-0.2, -0.15) is 10.1 Å². The second-order valence-electron chi connectivity index (χ2n) is 4.57. The second kappa shape index (κ2) is 5.82. The third kappa shape index (κ3) is 2.81. The summed E-state index contributed by atoms with van der Waals surface area (Å²) < 4.78 is 0. The lowest BCUT2D eigenvalue weighted by molar-refractivity contribution is 0.250. The molecule has 3 rings (SSSR count). The quantitative estimate of drug-likeness (QED) is 0.741. The van der Waals surface area contributed by atoms with Gasteiger partial charge in [-0.05, 0) is 5.56 Å². The van der Waals surface area contributed by atoms with Gasteiger partial charge in [-0.25, -0.2) is 0 Å². The minimum absolute atomic E-state index is 0.768. The molecule has 21 heavy (non-hydrogen) atoms. The predicted molar refractivity (Wildman–Crippen MR) is 83.4 cm³/mol. The molecule has 0 amide bonds. The van der Waals surface area contributed by atoms with Crippen LogP contribution in [0.15, 0.2) is 65.8 Å². The van der Waals surface area contributed by atoms with E-state index in [1.165, 1.54) is 0 Å². The van der Waals surface area contributed by atoms with Crippen molar-refractivity contribution in [2.45, 2.75) is 0 Å². The molecule has 0 saturated heterocycles. The van der Waals surface area contributed by atoms with Crippen LogP contribution in [-0.2, 0) is 0 Å². The number of hydrogen-bond acceptors (Lipinski definition) is 5. The topological polar surface area (TPSA) is 68.1 Å². The van der Waals surface area contributed by atoms with Crippen LogP contribution < -0.4 is 5.43 Å². The highest BCUT2D eigenvalue weighted by molar-refractivity contribution is 6.38. The molecule has 0 spiro atoms. The van der Waals surface area contributed by atoms with Crippen molar-refractivity contribution in [1.82, 2.24) is 10.5 Å². The Labute approximate surface area is 123 Å². The molecule has 3 N–H and O–H groups in total. The van der Waals surface area contributed by atoms with E-state index in [1.807, 2.05) is 60.7 Å². The van der Waals surface area contributed by atoms with E-state index >= 15 is 0 Å². The number of nitrogens with zero attached hydrogens (tertiary/aromatic N) is 2. The highest BCUT2D eigenvalue weighted by Gasteiger charge is 2.25. The Balaban J connectivity index is 2.09. The van der Waals surface area contributed by atoms with Crippen LogP contribution in [0.5, 0.6) is 0 Å². The van der Waals surface area contributed by atoms with Crippen LogP contribution in [0, 0.1) is 0 Å². The molecule has 1 aliphatic rings. The number of allylic oxidation sites excluding steroid dienone is 1. The summed E-state index contributed by atoms with van der Waals surface area (Å²) in [6.07, 6.45) is 1.62. The Morgan fingerprint density at radius 1 is 0.857 bits per heavy atom. The van der Waals surface area contributed by atoms with Crippen molar-refractivity contribution in [1.29, 1.82) is 0 Å². The van der Waals surface area contributed by atoms with Gasteiger partial charge >= 0.3 is 7.25 Å². The standard InChI is InChI=1S/C15H14BN3O2/c20-16(21)19-17-11-14(12-7-3-1-4-8-12)15(18-19)13-9-5-2-6-10-13/h1-11,18,20-21H. The number of rotatable bonds is 3. The first-order valence-electron chi connectivity index (χ1n) is 6.57. The normalized spacial score (nSPS) is 14.1. The predicted octanol–water partition coefficient (Wildman–Crippen LogP) is 1.33. The number of hydrogen-bond donors (Lipinski definition) is 3. The van der Waals surface area contributed by atoms with Crippen molar-refractivity contribution < 1.29 is 10.0 Å². The van der Waals surface area contributed by atoms with Crippen molar-refractivity contribution in [2.75, 3.05) is 0 Å². The summed E-state index contributed by atoms with van der Waals surface area (Å²) in [5, 5.41) is 23.6. The molecule has 6 heteroatoms. The van der Waals surface area contributed by atoms with Crippen molar-refractivity contribution in [3.63, 3.8) is 0 Å². The largest absolute Gasteiger partial charge is 0.625 e. The van der Waals surface area contributed by atoms with E-state index < -0.39 is 7.25 Å². The first kappa shape index (κ1) is 13.4. The van der Waals surface area contributed by atoms with Gasteiger partial charge in [0.15, 0.2) is 0 Å². The van der Waals surface area contributed by atoms with Gasteiger partial charge in [-0.3, -0.25) is 5.43 Å². The highest BCUT2D eigenvalue weighted by atomic mass is 16.4. The lowest BCUT2D eigenvalue weighted by Gasteiger charge is -2.27. The maximum Gasteiger partial charge on any atom is 0.625 e. The third-order valence-corrected chi connectivity index (χ3v) is 3.17. The molecule has 0 bridgehead atoms. The molecule has 0 fully saturated rings. The zero-order valence-corrected chi connectivity index (χ0v) is 11.2. The van der Waals surface area contributed by atoms with E-state index in [9.17, 15) is 10.0 Å². The number of nitrogens with one attached hydrogen (secondary N) is 1. The Kier molecular flexibility index (Phi) is 3.72. The van der Waals surface area contributed by atoms with Gasteiger partial charge in [-0.1, -0.05) is 60.7 Å². The first-order chi connectivity index (χ1) is 10.3. The smallest absolute Gasteiger partial charge is 0.406 e. The number of hydrazone groups is 1. The molecule has 0 unspecified atom stereocenters. The fraction of sp³-hybridized carbons (Fsp3) is 0. The molecule has 0 aliphatic carbocycles. The van der Waals surface area contributed by atoms with Gasteiger partial charge in [0.1, 0.15) is 0 Å². The molecule has 0 radical (unpaired) electrons. The third-order valence-electron chi connectivity index (χ3n) is 3.17. The van der Waals surface area contributed by atoms with Gasteiger partial charge in [0.05, 0.1) is 11.9 Å². The monoisotopic (exact) mass is 279 g/mol. The zero-order chi connectivity index (χ0) is 14.7. The van der Waals surface area contributed by atoms with Crippen molar-refractivity contribution in [3.05, 3.63) is 71.8 Å². The van der Waals surface area contributed by atoms with Crippen LogP contribution in [0.2, 0.25) is 0 Å². The maximum atomic E-state index is 9.28. The van der Waals surface area contributed by atoms with E-state index in [0.717, 1.165) is 27.4 Å². The summed E-state index contributed by atoms with van der Waals surface area (Å²) in [6, 6.07) is 19.5.